The molecule has 0 saturated heterocycles. The number of nitrogens with zero attached hydrogens (tertiary/aromatic N) is 2. The molecule has 1 aliphatic rings. The van der Waals surface area contributed by atoms with E-state index in [-0.39, 0.29) is 18.1 Å². The molecule has 0 spiro atoms. The van der Waals surface area contributed by atoms with Gasteiger partial charge < -0.3 is 20.4 Å². The van der Waals surface area contributed by atoms with Gasteiger partial charge in [0.2, 0.25) is 5.91 Å². The first-order chi connectivity index (χ1) is 22.6. The third-order valence-corrected chi connectivity index (χ3v) is 9.21. The van der Waals surface area contributed by atoms with Gasteiger partial charge in [0, 0.05) is 32.5 Å². The van der Waals surface area contributed by atoms with Gasteiger partial charge in [-0.05, 0) is 64.2 Å². The highest BCUT2D eigenvalue weighted by Crippen LogP contribution is 2.14. The van der Waals surface area contributed by atoms with Crippen LogP contribution >= 0.6 is 0 Å². The smallest absolute Gasteiger partial charge is 0.220 e. The minimum absolute atomic E-state index is 0.163. The highest BCUT2D eigenvalue weighted by atomic mass is 16.3. The van der Waals surface area contributed by atoms with Crippen LogP contribution in [-0.2, 0) is 4.79 Å². The summed E-state index contributed by atoms with van der Waals surface area (Å²) in [5, 5.41) is 23.2. The van der Waals surface area contributed by atoms with Gasteiger partial charge in [0.15, 0.2) is 0 Å². The van der Waals surface area contributed by atoms with Crippen molar-refractivity contribution in [3.63, 3.8) is 0 Å². The lowest BCUT2D eigenvalue weighted by molar-refractivity contribution is -0.121. The van der Waals surface area contributed by atoms with E-state index < -0.39 is 0 Å². The molecule has 6 nitrogen and oxygen atoms in total. The Balaban J connectivity index is 1.93. The number of amidine groups is 1. The number of unbranched alkanes of at least 4 members (excludes halogenated alkanes) is 16. The van der Waals surface area contributed by atoms with Gasteiger partial charge in [0.25, 0.3) is 0 Å². The van der Waals surface area contributed by atoms with Crippen LogP contribution in [-0.4, -0.2) is 65.2 Å². The zero-order valence-corrected chi connectivity index (χ0v) is 30.4. The number of nitrogens with one attached hydrogen (secondary N) is 1. The molecule has 3 N–H and O–H groups in total. The number of rotatable bonds is 33. The first-order valence-electron chi connectivity index (χ1n) is 19.8. The van der Waals surface area contributed by atoms with Crippen LogP contribution in [0.4, 0.5) is 0 Å². The second-order valence-electron chi connectivity index (χ2n) is 13.7. The number of aliphatic imine (C=N–C) groups is 1. The maximum absolute atomic E-state index is 12.3. The van der Waals surface area contributed by atoms with Crippen molar-refractivity contribution < 1.29 is 15.0 Å². The van der Waals surface area contributed by atoms with Crippen LogP contribution in [0.3, 0.4) is 0 Å². The highest BCUT2D eigenvalue weighted by Gasteiger charge is 2.16. The Morgan fingerprint density at radius 1 is 0.717 bits per heavy atom. The summed E-state index contributed by atoms with van der Waals surface area (Å²) in [6.45, 7) is 7.89. The molecule has 0 aromatic carbocycles. The first-order valence-corrected chi connectivity index (χ1v) is 19.8. The van der Waals surface area contributed by atoms with Gasteiger partial charge in [0.05, 0.1) is 24.6 Å². The molecule has 0 saturated carbocycles. The lowest BCUT2D eigenvalue weighted by atomic mass is 10.1. The zero-order chi connectivity index (χ0) is 33.3. The molecule has 0 aromatic rings. The quantitative estimate of drug-likeness (QED) is 0.0490. The highest BCUT2D eigenvalue weighted by molar-refractivity contribution is 5.83. The Morgan fingerprint density at radius 2 is 1.24 bits per heavy atom. The van der Waals surface area contributed by atoms with E-state index in [2.05, 4.69) is 48.4 Å². The Labute approximate surface area is 285 Å². The monoisotopic (exact) mass is 646 g/mol. The number of aliphatic hydroxyl groups is 2. The van der Waals surface area contributed by atoms with Crippen LogP contribution in [0, 0.1) is 0 Å². The Bertz CT molecular complexity index is 782. The van der Waals surface area contributed by atoms with Gasteiger partial charge >= 0.3 is 0 Å². The third-order valence-electron chi connectivity index (χ3n) is 9.21. The molecule has 0 aromatic heterocycles. The van der Waals surface area contributed by atoms with Gasteiger partial charge in [-0.25, -0.2) is 0 Å². The summed E-state index contributed by atoms with van der Waals surface area (Å²) in [5.74, 6) is 1.42. The fraction of sp³-hybridized carbons (Fsp3) is 0.850. The lowest BCUT2D eigenvalue weighted by Crippen LogP contribution is -2.36. The molecule has 268 valence electrons. The van der Waals surface area contributed by atoms with E-state index in [1.54, 1.807) is 0 Å². The molecular formula is C40H75N3O3. The van der Waals surface area contributed by atoms with E-state index in [9.17, 15) is 15.0 Å². The molecule has 6 heteroatoms. The fourth-order valence-electron chi connectivity index (χ4n) is 6.17. The molecule has 1 amide bonds. The molecule has 0 bridgehead atoms. The predicted molar refractivity (Wildman–Crippen MR) is 199 cm³/mol. The SMILES string of the molecule is CCCCCCC(O)C/C=C\CCCCCCCC(=O)NCCN1CCN=C1CCCCCCC/C=C\CC(O)CCCCCC. The van der Waals surface area contributed by atoms with Crippen molar-refractivity contribution in [2.75, 3.05) is 26.2 Å². The second-order valence-corrected chi connectivity index (χ2v) is 13.7. The van der Waals surface area contributed by atoms with Crippen LogP contribution in [0.25, 0.3) is 0 Å². The molecule has 1 rings (SSSR count). The van der Waals surface area contributed by atoms with Crippen molar-refractivity contribution >= 4 is 11.7 Å². The lowest BCUT2D eigenvalue weighted by Gasteiger charge is -2.20. The summed E-state index contributed by atoms with van der Waals surface area (Å²) in [6, 6.07) is 0. The van der Waals surface area contributed by atoms with Gasteiger partial charge in [-0.1, -0.05) is 128 Å². The molecule has 0 aliphatic carbocycles. The van der Waals surface area contributed by atoms with Crippen molar-refractivity contribution in [2.45, 2.75) is 193 Å². The maximum atomic E-state index is 12.3. The first kappa shape index (κ1) is 42.4. The fourth-order valence-corrected chi connectivity index (χ4v) is 6.17. The molecule has 2 atom stereocenters. The van der Waals surface area contributed by atoms with E-state index >= 15 is 0 Å². The molecule has 46 heavy (non-hydrogen) atoms. The summed E-state index contributed by atoms with van der Waals surface area (Å²) in [7, 11) is 0. The van der Waals surface area contributed by atoms with Crippen LogP contribution in [0.1, 0.15) is 181 Å². The number of hydrogen-bond acceptors (Lipinski definition) is 5. The van der Waals surface area contributed by atoms with Gasteiger partial charge in [-0.2, -0.15) is 0 Å². The van der Waals surface area contributed by atoms with E-state index in [1.807, 2.05) is 0 Å². The minimum Gasteiger partial charge on any atom is -0.393 e. The summed E-state index contributed by atoms with van der Waals surface area (Å²) >= 11 is 0. The van der Waals surface area contributed by atoms with Crippen LogP contribution in [0.2, 0.25) is 0 Å². The number of amides is 1. The summed E-state index contributed by atoms with van der Waals surface area (Å²) < 4.78 is 0. The number of hydrogen-bond donors (Lipinski definition) is 3. The van der Waals surface area contributed by atoms with E-state index in [4.69, 9.17) is 4.99 Å². The van der Waals surface area contributed by atoms with Crippen molar-refractivity contribution in [1.29, 1.82) is 0 Å². The molecule has 0 radical (unpaired) electrons. The topological polar surface area (TPSA) is 85.2 Å². The minimum atomic E-state index is -0.175. The van der Waals surface area contributed by atoms with Crippen molar-refractivity contribution in [3.8, 4) is 0 Å². The molecule has 2 unspecified atom stereocenters. The maximum Gasteiger partial charge on any atom is 0.220 e. The Morgan fingerprint density at radius 3 is 1.83 bits per heavy atom. The van der Waals surface area contributed by atoms with Crippen LogP contribution in [0.15, 0.2) is 29.3 Å². The van der Waals surface area contributed by atoms with Crippen molar-refractivity contribution in [2.24, 2.45) is 4.99 Å². The van der Waals surface area contributed by atoms with E-state index in [0.717, 1.165) is 90.3 Å². The normalized spacial score (nSPS) is 14.9. The standard InChI is InChI=1S/C40H75N3O3/c1-3-5-7-21-27-37(44)29-23-17-13-9-11-15-19-25-31-39-41-33-35-43(39)36-34-42-40(46)32-26-20-16-12-10-14-18-24-30-38(45)28-22-8-6-4-2/h17-18,23-24,37-38,44-45H,3-16,19-22,25-36H2,1-2H3,(H,42,46)/b23-17-,24-18-. The predicted octanol–water partition coefficient (Wildman–Crippen LogP) is 9.83. The van der Waals surface area contributed by atoms with Gasteiger partial charge in [-0.3, -0.25) is 9.79 Å². The molecule has 1 aliphatic heterocycles. The summed E-state index contributed by atoms with van der Waals surface area (Å²) in [6.07, 6.45) is 37.6. The van der Waals surface area contributed by atoms with Gasteiger partial charge in [0.1, 0.15) is 0 Å². The molecule has 1 heterocycles. The number of carbonyl (C=O) groups is 1. The summed E-state index contributed by atoms with van der Waals surface area (Å²) in [4.78, 5) is 19.4. The Hall–Kier alpha value is -1.66. The van der Waals surface area contributed by atoms with E-state index in [0.29, 0.717) is 13.0 Å². The zero-order valence-electron chi connectivity index (χ0n) is 30.4. The average Bonchev–Trinajstić information content (AvgIpc) is 3.50. The number of carbonyl (C=O) groups excluding carboxylic acids is 1. The molecular weight excluding hydrogens is 570 g/mol. The summed E-state index contributed by atoms with van der Waals surface area (Å²) in [5.41, 5.74) is 0. The van der Waals surface area contributed by atoms with Crippen molar-refractivity contribution in [1.82, 2.24) is 10.2 Å². The second kappa shape index (κ2) is 31.9. The average molecular weight is 646 g/mol. The largest absolute Gasteiger partial charge is 0.393 e. The van der Waals surface area contributed by atoms with Crippen LogP contribution < -0.4 is 5.32 Å². The van der Waals surface area contributed by atoms with Crippen LogP contribution in [0.5, 0.6) is 0 Å². The van der Waals surface area contributed by atoms with Gasteiger partial charge in [-0.15, -0.1) is 0 Å². The number of aliphatic hydroxyl groups excluding tert-OH is 2. The third kappa shape index (κ3) is 26.4. The number of allylic oxidation sites excluding steroid dienone is 2. The molecule has 0 fully saturated rings. The Kier molecular flexibility index (Phi) is 29.4. The van der Waals surface area contributed by atoms with E-state index in [1.165, 1.54) is 95.7 Å². The van der Waals surface area contributed by atoms with Crippen molar-refractivity contribution in [3.05, 3.63) is 24.3 Å².